The Kier molecular flexibility index (Phi) is 7.02. The zero-order valence-electron chi connectivity index (χ0n) is 16.0. The van der Waals surface area contributed by atoms with Gasteiger partial charge in [-0.25, -0.2) is 8.42 Å². The minimum absolute atomic E-state index is 0.0409. The summed E-state index contributed by atoms with van der Waals surface area (Å²) >= 11 is 0. The van der Waals surface area contributed by atoms with Gasteiger partial charge in [0.2, 0.25) is 15.9 Å². The van der Waals surface area contributed by atoms with Crippen molar-refractivity contribution in [1.29, 1.82) is 0 Å². The Morgan fingerprint density at radius 3 is 2.50 bits per heavy atom. The van der Waals surface area contributed by atoms with Crippen LogP contribution in [-0.4, -0.2) is 59.2 Å². The van der Waals surface area contributed by atoms with Crippen LogP contribution in [-0.2, 0) is 26.1 Å². The summed E-state index contributed by atoms with van der Waals surface area (Å²) in [5.74, 6) is 0.139. The van der Waals surface area contributed by atoms with E-state index >= 15 is 0 Å². The number of hydrogen-bond acceptors (Lipinski definition) is 5. The quantitative estimate of drug-likeness (QED) is 0.705. The highest BCUT2D eigenvalue weighted by molar-refractivity contribution is 7.88. The first-order valence-corrected chi connectivity index (χ1v) is 10.6. The van der Waals surface area contributed by atoms with Crippen LogP contribution in [0.25, 0.3) is 0 Å². The van der Waals surface area contributed by atoms with E-state index in [1.54, 1.807) is 7.11 Å². The maximum Gasteiger partial charge on any atom is 0.227 e. The van der Waals surface area contributed by atoms with Gasteiger partial charge in [0.15, 0.2) is 0 Å². The third-order valence-electron chi connectivity index (χ3n) is 4.67. The van der Waals surface area contributed by atoms with Gasteiger partial charge in [0.05, 0.1) is 12.9 Å². The Morgan fingerprint density at radius 1 is 1.31 bits per heavy atom. The molecule has 1 aromatic rings. The van der Waals surface area contributed by atoms with E-state index in [4.69, 9.17) is 4.74 Å². The molecule has 0 spiro atoms. The number of carbonyl (C=O) groups is 1. The zero-order chi connectivity index (χ0) is 19.3. The van der Waals surface area contributed by atoms with E-state index in [1.807, 2.05) is 37.2 Å². The molecule has 1 aromatic carbocycles. The van der Waals surface area contributed by atoms with Gasteiger partial charge < -0.3 is 15.0 Å². The number of anilines is 2. The van der Waals surface area contributed by atoms with Crippen LogP contribution in [0.2, 0.25) is 0 Å². The van der Waals surface area contributed by atoms with E-state index < -0.39 is 10.0 Å². The number of nitrogens with one attached hydrogen (secondary N) is 1. The number of sulfonamides is 1. The van der Waals surface area contributed by atoms with E-state index in [0.29, 0.717) is 12.3 Å². The number of benzene rings is 1. The summed E-state index contributed by atoms with van der Waals surface area (Å²) in [6.07, 6.45) is 4.17. The number of ether oxygens (including phenoxy) is 1. The lowest BCUT2D eigenvalue weighted by Crippen LogP contribution is -2.33. The van der Waals surface area contributed by atoms with Crippen molar-refractivity contribution in [3.8, 4) is 0 Å². The van der Waals surface area contributed by atoms with Crippen LogP contribution in [0.1, 0.15) is 24.8 Å². The predicted octanol–water partition coefficient (Wildman–Crippen LogP) is 1.90. The molecule has 8 heteroatoms. The molecule has 0 unspecified atom stereocenters. The van der Waals surface area contributed by atoms with Crippen molar-refractivity contribution >= 4 is 27.3 Å². The van der Waals surface area contributed by atoms with E-state index in [2.05, 4.69) is 5.32 Å². The number of methoxy groups -OCH3 is 1. The fraction of sp³-hybridized carbons (Fsp3) is 0.611. The van der Waals surface area contributed by atoms with Gasteiger partial charge >= 0.3 is 0 Å². The molecule has 0 bridgehead atoms. The molecule has 0 radical (unpaired) electrons. The van der Waals surface area contributed by atoms with Crippen LogP contribution in [0.4, 0.5) is 11.4 Å². The third kappa shape index (κ3) is 5.43. The lowest BCUT2D eigenvalue weighted by molar-refractivity contribution is -0.122. The van der Waals surface area contributed by atoms with E-state index in [9.17, 15) is 13.2 Å². The second kappa shape index (κ2) is 8.83. The summed E-state index contributed by atoms with van der Waals surface area (Å²) in [5.41, 5.74) is 2.45. The Balaban J connectivity index is 2.24. The van der Waals surface area contributed by atoms with Gasteiger partial charge in [-0.15, -0.1) is 0 Å². The molecule has 0 aliphatic heterocycles. The number of hydrogen-bond donors (Lipinski definition) is 1. The summed E-state index contributed by atoms with van der Waals surface area (Å²) in [7, 11) is 1.99. The molecule has 0 saturated heterocycles. The van der Waals surface area contributed by atoms with Gasteiger partial charge in [-0.2, -0.15) is 4.31 Å². The molecule has 1 aliphatic rings. The van der Waals surface area contributed by atoms with Crippen molar-refractivity contribution in [2.24, 2.45) is 5.92 Å². The van der Waals surface area contributed by atoms with E-state index in [0.717, 1.165) is 30.5 Å². The molecular formula is C18H29N3O4S. The van der Waals surface area contributed by atoms with Crippen molar-refractivity contribution in [3.63, 3.8) is 0 Å². The molecule has 0 aromatic heterocycles. The molecule has 1 aliphatic carbocycles. The number of amides is 1. The Bertz CT molecular complexity index is 730. The number of carbonyl (C=O) groups excluding carboxylic acids is 1. The Labute approximate surface area is 156 Å². The van der Waals surface area contributed by atoms with Crippen LogP contribution in [0, 0.1) is 5.92 Å². The van der Waals surface area contributed by atoms with Crippen molar-refractivity contribution in [2.75, 3.05) is 50.8 Å². The van der Waals surface area contributed by atoms with E-state index in [1.165, 1.54) is 10.6 Å². The number of nitrogens with zero attached hydrogens (tertiary/aromatic N) is 2. The highest BCUT2D eigenvalue weighted by Gasteiger charge is 2.25. The van der Waals surface area contributed by atoms with Gasteiger partial charge in [-0.1, -0.05) is 6.42 Å². The molecular weight excluding hydrogens is 354 g/mol. The average molecular weight is 384 g/mol. The standard InChI is InChI=1S/C18H29N3O4S/c1-20(2)17-9-8-16(19-18(22)14-6-5-7-14)12-15(17)13-21(10-11-25-3)26(4,23)24/h8-9,12,14H,5-7,10-11,13H2,1-4H3,(H,19,22). The second-order valence-electron chi connectivity index (χ2n) is 6.94. The highest BCUT2D eigenvalue weighted by atomic mass is 32.2. The first kappa shape index (κ1) is 20.7. The van der Waals surface area contributed by atoms with Crippen molar-refractivity contribution < 1.29 is 17.9 Å². The van der Waals surface area contributed by atoms with Crippen LogP contribution in [0.15, 0.2) is 18.2 Å². The Morgan fingerprint density at radius 2 is 2.00 bits per heavy atom. The maximum absolute atomic E-state index is 12.2. The largest absolute Gasteiger partial charge is 0.383 e. The zero-order valence-corrected chi connectivity index (χ0v) is 16.8. The summed E-state index contributed by atoms with van der Waals surface area (Å²) in [6.45, 7) is 0.826. The second-order valence-corrected chi connectivity index (χ2v) is 8.93. The summed E-state index contributed by atoms with van der Waals surface area (Å²) in [4.78, 5) is 14.1. The van der Waals surface area contributed by atoms with E-state index in [-0.39, 0.29) is 24.9 Å². The topological polar surface area (TPSA) is 79.0 Å². The van der Waals surface area contributed by atoms with Crippen LogP contribution in [0.5, 0.6) is 0 Å². The minimum Gasteiger partial charge on any atom is -0.383 e. The molecule has 1 amide bonds. The minimum atomic E-state index is -3.37. The summed E-state index contributed by atoms with van der Waals surface area (Å²) in [5, 5.41) is 2.96. The van der Waals surface area contributed by atoms with Crippen LogP contribution in [0.3, 0.4) is 0 Å². The Hall–Kier alpha value is -1.64. The third-order valence-corrected chi connectivity index (χ3v) is 5.92. The fourth-order valence-electron chi connectivity index (χ4n) is 2.89. The first-order valence-electron chi connectivity index (χ1n) is 8.77. The summed E-state index contributed by atoms with van der Waals surface area (Å²) in [6, 6.07) is 5.62. The van der Waals surface area contributed by atoms with Gasteiger partial charge in [-0.05, 0) is 36.6 Å². The predicted molar refractivity (Wildman–Crippen MR) is 104 cm³/mol. The van der Waals surface area contributed by atoms with Gasteiger partial charge in [0.25, 0.3) is 0 Å². The SMILES string of the molecule is COCCN(Cc1cc(NC(=O)C2CCC2)ccc1N(C)C)S(C)(=O)=O. The monoisotopic (exact) mass is 383 g/mol. The van der Waals surface area contributed by atoms with Crippen LogP contribution >= 0.6 is 0 Å². The molecule has 1 saturated carbocycles. The first-order chi connectivity index (χ1) is 12.2. The molecule has 2 rings (SSSR count). The highest BCUT2D eigenvalue weighted by Crippen LogP contribution is 2.29. The molecule has 0 atom stereocenters. The molecule has 1 fully saturated rings. The van der Waals surface area contributed by atoms with Gasteiger partial charge in [0.1, 0.15) is 0 Å². The van der Waals surface area contributed by atoms with Crippen molar-refractivity contribution in [3.05, 3.63) is 23.8 Å². The number of rotatable bonds is 9. The lowest BCUT2D eigenvalue weighted by Gasteiger charge is -2.26. The lowest BCUT2D eigenvalue weighted by atomic mass is 9.85. The van der Waals surface area contributed by atoms with Crippen LogP contribution < -0.4 is 10.2 Å². The normalized spacial score (nSPS) is 15.0. The molecule has 7 nitrogen and oxygen atoms in total. The van der Waals surface area contributed by atoms with Gasteiger partial charge in [0, 0.05) is 51.6 Å². The van der Waals surface area contributed by atoms with Gasteiger partial charge in [-0.3, -0.25) is 4.79 Å². The molecule has 26 heavy (non-hydrogen) atoms. The van der Waals surface area contributed by atoms with Crippen molar-refractivity contribution in [2.45, 2.75) is 25.8 Å². The average Bonchev–Trinajstić information content (AvgIpc) is 2.48. The smallest absolute Gasteiger partial charge is 0.227 e. The fourth-order valence-corrected chi connectivity index (χ4v) is 3.67. The maximum atomic E-state index is 12.2. The molecule has 146 valence electrons. The molecule has 1 N–H and O–H groups in total. The molecule has 0 heterocycles. The summed E-state index contributed by atoms with van der Waals surface area (Å²) < 4.78 is 30.6. The van der Waals surface area contributed by atoms with Crippen molar-refractivity contribution in [1.82, 2.24) is 4.31 Å².